The fourth-order valence-corrected chi connectivity index (χ4v) is 4.69. The summed E-state index contributed by atoms with van der Waals surface area (Å²) in [5.41, 5.74) is 0. The van der Waals surface area contributed by atoms with E-state index in [-0.39, 0.29) is 0 Å². The van der Waals surface area contributed by atoms with E-state index in [1.807, 2.05) is 0 Å². The Bertz CT molecular complexity index is 225. The van der Waals surface area contributed by atoms with E-state index in [1.54, 1.807) is 42.7 Å². The van der Waals surface area contributed by atoms with E-state index >= 15 is 0 Å². The van der Waals surface area contributed by atoms with E-state index in [2.05, 4.69) is 6.92 Å². The zero-order valence-electron chi connectivity index (χ0n) is 16.9. The van der Waals surface area contributed by atoms with Crippen LogP contribution in [0, 0.1) is 0 Å². The lowest BCUT2D eigenvalue weighted by Gasteiger charge is -2.24. The second-order valence-electron chi connectivity index (χ2n) is 5.52. The molecule has 24 heavy (non-hydrogen) atoms. The van der Waals surface area contributed by atoms with E-state index in [9.17, 15) is 0 Å². The first-order chi connectivity index (χ1) is 11.6. The molecule has 0 atom stereocenters. The molecule has 0 radical (unpaired) electrons. The van der Waals surface area contributed by atoms with Gasteiger partial charge in [-0.3, -0.25) is 0 Å². The van der Waals surface area contributed by atoms with Crippen LogP contribution in [0.15, 0.2) is 0 Å². The van der Waals surface area contributed by atoms with Gasteiger partial charge in [0.05, 0.1) is 0 Å². The van der Waals surface area contributed by atoms with Gasteiger partial charge in [0.2, 0.25) is 0 Å². The van der Waals surface area contributed by atoms with Gasteiger partial charge in [-0.15, -0.1) is 0 Å². The van der Waals surface area contributed by atoms with Crippen molar-refractivity contribution in [3.05, 3.63) is 0 Å². The molecule has 0 spiro atoms. The molecule has 0 aromatic carbocycles. The van der Waals surface area contributed by atoms with Gasteiger partial charge in [0.15, 0.2) is 0 Å². The molecule has 0 aliphatic heterocycles. The summed E-state index contributed by atoms with van der Waals surface area (Å²) in [5, 5.41) is 0. The third kappa shape index (κ3) is 14.5. The van der Waals surface area contributed by atoms with Crippen LogP contribution in [-0.4, -0.2) is 61.0 Å². The fourth-order valence-electron chi connectivity index (χ4n) is 2.32. The maximum Gasteiger partial charge on any atom is 0.500 e. The number of hydrogen-bond donors (Lipinski definition) is 0. The summed E-state index contributed by atoms with van der Waals surface area (Å²) >= 11 is 0. The molecule has 0 amide bonds. The van der Waals surface area contributed by atoms with Crippen molar-refractivity contribution in [3.63, 3.8) is 0 Å². The monoisotopic (exact) mass is 384 g/mol. The Morgan fingerprint density at radius 2 is 0.958 bits per heavy atom. The van der Waals surface area contributed by atoms with E-state index in [4.69, 9.17) is 26.6 Å². The van der Waals surface area contributed by atoms with Gasteiger partial charge >= 0.3 is 18.3 Å². The minimum atomic E-state index is -2.30. The highest BCUT2D eigenvalue weighted by molar-refractivity contribution is 6.60. The Kier molecular flexibility index (Phi) is 21.5. The highest BCUT2D eigenvalue weighted by Gasteiger charge is 2.36. The normalized spacial score (nSPS) is 11.5. The molecule has 0 unspecified atom stereocenters. The predicted molar refractivity (Wildman–Crippen MR) is 102 cm³/mol. The SMILES string of the molecule is CCCCCCCCCC[Si](OC)(OC)OC.CO[SiH](OC)OC. The molecule has 0 heterocycles. The van der Waals surface area contributed by atoms with Gasteiger partial charge in [0.25, 0.3) is 0 Å². The first-order valence-electron chi connectivity index (χ1n) is 8.83. The summed E-state index contributed by atoms with van der Waals surface area (Å²) in [6.45, 7) is 2.25. The van der Waals surface area contributed by atoms with Gasteiger partial charge in [0.1, 0.15) is 0 Å². The quantitative estimate of drug-likeness (QED) is 0.317. The highest BCUT2D eigenvalue weighted by Crippen LogP contribution is 2.18. The molecule has 0 fully saturated rings. The van der Waals surface area contributed by atoms with Gasteiger partial charge < -0.3 is 26.6 Å². The van der Waals surface area contributed by atoms with Crippen molar-refractivity contribution in [3.8, 4) is 0 Å². The van der Waals surface area contributed by atoms with Crippen LogP contribution >= 0.6 is 0 Å². The molecule has 0 N–H and O–H groups in total. The van der Waals surface area contributed by atoms with Crippen LogP contribution in [0.5, 0.6) is 0 Å². The van der Waals surface area contributed by atoms with Crippen LogP contribution in [0.2, 0.25) is 6.04 Å². The Hall–Kier alpha value is 0.194. The lowest BCUT2D eigenvalue weighted by Crippen LogP contribution is -2.42. The average molecular weight is 385 g/mol. The van der Waals surface area contributed by atoms with Gasteiger partial charge in [-0.05, 0) is 6.42 Å². The third-order valence-corrected chi connectivity index (χ3v) is 7.83. The zero-order chi connectivity index (χ0) is 18.7. The van der Waals surface area contributed by atoms with Crippen molar-refractivity contribution in [1.82, 2.24) is 0 Å². The van der Waals surface area contributed by atoms with E-state index in [1.165, 1.54) is 44.9 Å². The number of unbranched alkanes of at least 4 members (excludes halogenated alkanes) is 7. The number of hydrogen-bond acceptors (Lipinski definition) is 6. The van der Waals surface area contributed by atoms with E-state index < -0.39 is 18.3 Å². The van der Waals surface area contributed by atoms with Crippen molar-refractivity contribution >= 4 is 18.3 Å². The van der Waals surface area contributed by atoms with Gasteiger partial charge in [-0.2, -0.15) is 0 Å². The first kappa shape index (κ1) is 26.4. The smallest absolute Gasteiger partial charge is 0.379 e. The lowest BCUT2D eigenvalue weighted by atomic mass is 10.1. The third-order valence-electron chi connectivity index (χ3n) is 3.85. The number of rotatable bonds is 15. The van der Waals surface area contributed by atoms with E-state index in [0.717, 1.165) is 12.5 Å². The Labute approximate surface area is 152 Å². The molecule has 148 valence electrons. The molecule has 0 aromatic rings. The molecule has 0 saturated carbocycles. The Morgan fingerprint density at radius 3 is 1.25 bits per heavy atom. The van der Waals surface area contributed by atoms with Crippen molar-refractivity contribution in [2.24, 2.45) is 0 Å². The van der Waals surface area contributed by atoms with Gasteiger partial charge in [0, 0.05) is 48.7 Å². The van der Waals surface area contributed by atoms with Crippen LogP contribution in [0.1, 0.15) is 58.3 Å². The molecule has 0 bridgehead atoms. The highest BCUT2D eigenvalue weighted by atomic mass is 28.4. The van der Waals surface area contributed by atoms with Crippen molar-refractivity contribution in [1.29, 1.82) is 0 Å². The molecule has 6 nitrogen and oxygen atoms in total. The molecule has 0 aliphatic rings. The summed E-state index contributed by atoms with van der Waals surface area (Å²) in [6, 6.07) is 0.936. The minimum Gasteiger partial charge on any atom is -0.379 e. The molecule has 0 aliphatic carbocycles. The van der Waals surface area contributed by atoms with Crippen molar-refractivity contribution < 1.29 is 26.6 Å². The van der Waals surface area contributed by atoms with Gasteiger partial charge in [-0.1, -0.05) is 51.9 Å². The van der Waals surface area contributed by atoms with Crippen LogP contribution in [0.25, 0.3) is 0 Å². The van der Waals surface area contributed by atoms with E-state index in [0.29, 0.717) is 0 Å². The molecule has 0 saturated heterocycles. The lowest BCUT2D eigenvalue weighted by molar-refractivity contribution is 0.122. The second-order valence-corrected chi connectivity index (χ2v) is 10.6. The van der Waals surface area contributed by atoms with Crippen LogP contribution in [0.3, 0.4) is 0 Å². The van der Waals surface area contributed by atoms with Crippen molar-refractivity contribution in [2.45, 2.75) is 64.3 Å². The average Bonchev–Trinajstić information content (AvgIpc) is 2.63. The summed E-state index contributed by atoms with van der Waals surface area (Å²) in [6.07, 6.45) is 10.6. The fraction of sp³-hybridized carbons (Fsp3) is 1.00. The zero-order valence-corrected chi connectivity index (χ0v) is 19.0. The maximum atomic E-state index is 5.39. The maximum absolute atomic E-state index is 5.39. The second kappa shape index (κ2) is 19.5. The van der Waals surface area contributed by atoms with Crippen LogP contribution < -0.4 is 0 Å². The Balaban J connectivity index is 0. The van der Waals surface area contributed by atoms with Crippen molar-refractivity contribution in [2.75, 3.05) is 42.7 Å². The predicted octanol–water partition coefficient (Wildman–Crippen LogP) is 3.65. The first-order valence-corrected chi connectivity index (χ1v) is 12.2. The van der Waals surface area contributed by atoms with Crippen LogP contribution in [-0.2, 0) is 26.6 Å². The largest absolute Gasteiger partial charge is 0.500 e. The standard InChI is InChI=1S/C13H30O3Si.C3H10O3Si/c1-5-6-7-8-9-10-11-12-13-17(14-2,15-3)16-4;1-4-7(5-2)6-3/h5-13H2,1-4H3;7H,1-3H3. The molecular weight excluding hydrogens is 344 g/mol. The molecule has 8 heteroatoms. The molecular formula is C16H40O6Si2. The minimum absolute atomic E-state index is 0.936. The summed E-state index contributed by atoms with van der Waals surface area (Å²) in [4.78, 5) is 0. The summed E-state index contributed by atoms with van der Waals surface area (Å²) < 4.78 is 30.4. The van der Waals surface area contributed by atoms with Gasteiger partial charge in [-0.25, -0.2) is 0 Å². The molecule has 0 rings (SSSR count). The van der Waals surface area contributed by atoms with Crippen LogP contribution in [0.4, 0.5) is 0 Å². The Morgan fingerprint density at radius 1 is 0.583 bits per heavy atom. The summed E-state index contributed by atoms with van der Waals surface area (Å²) in [5.74, 6) is 0. The topological polar surface area (TPSA) is 55.4 Å². The molecule has 0 aromatic heterocycles. The summed E-state index contributed by atoms with van der Waals surface area (Å²) in [7, 11) is 5.80.